The number of hydrogen-bond donors (Lipinski definition) is 5. The zero-order valence-corrected chi connectivity index (χ0v) is 80.9. The van der Waals surface area contributed by atoms with Crippen LogP contribution in [0.4, 0.5) is 51.2 Å². The lowest BCUT2D eigenvalue weighted by Crippen LogP contribution is -2.34. The molecular formula is C120H135N12+3. The largest absolute Gasteiger partial charge is 0.399 e. The molecule has 12 aromatic carbocycles. The summed E-state index contributed by atoms with van der Waals surface area (Å²) in [5, 5.41) is 12.1. The normalized spacial score (nSPS) is 12.3. The van der Waals surface area contributed by atoms with Crippen LogP contribution in [0.15, 0.2) is 369 Å². The second-order valence-electron chi connectivity index (χ2n) is 34.9. The highest BCUT2D eigenvalue weighted by molar-refractivity contribution is 6.06. The van der Waals surface area contributed by atoms with Crippen molar-refractivity contribution >= 4 is 109 Å². The molecule has 3 aliphatic rings. The number of nitrogens with zero attached hydrogens (tertiary/aromatic N) is 7. The van der Waals surface area contributed by atoms with Crippen LogP contribution in [0, 0.1) is 26.2 Å². The Balaban J connectivity index is 0.000000160. The average Bonchev–Trinajstić information content (AvgIpc) is 0.743. The molecule has 3 aliphatic carbocycles. The van der Waals surface area contributed by atoms with E-state index in [0.29, 0.717) is 5.71 Å². The summed E-state index contributed by atoms with van der Waals surface area (Å²) in [6, 6.07) is 97.7. The lowest BCUT2D eigenvalue weighted by atomic mass is 9.90. The molecular weight excluding hydrogens is 1610 g/mol. The first-order valence-corrected chi connectivity index (χ1v) is 45.7. The van der Waals surface area contributed by atoms with Crippen molar-refractivity contribution in [2.75, 3.05) is 146 Å². The summed E-state index contributed by atoms with van der Waals surface area (Å²) >= 11 is 0. The number of anilines is 8. The minimum Gasteiger partial charge on any atom is -0.399 e. The summed E-state index contributed by atoms with van der Waals surface area (Å²) in [7, 11) is 21.1. The number of hydrogen-bond acceptors (Lipinski definition) is 9. The summed E-state index contributed by atoms with van der Waals surface area (Å²) in [5.41, 5.74) is 60.8. The van der Waals surface area contributed by atoms with Crippen molar-refractivity contribution in [3.8, 4) is 0 Å². The van der Waals surface area contributed by atoms with E-state index in [0.717, 1.165) is 120 Å². The van der Waals surface area contributed by atoms with Gasteiger partial charge in [0, 0.05) is 124 Å². The number of allylic oxidation sites excluding steroid dienone is 15. The number of nitrogens with one attached hydrogen (secondary N) is 1. The van der Waals surface area contributed by atoms with Gasteiger partial charge >= 0.3 is 0 Å². The van der Waals surface area contributed by atoms with Crippen LogP contribution in [-0.4, -0.2) is 129 Å². The van der Waals surface area contributed by atoms with Crippen LogP contribution in [0.2, 0.25) is 0 Å². The van der Waals surface area contributed by atoms with E-state index in [4.69, 9.17) is 28.3 Å². The van der Waals surface area contributed by atoms with Gasteiger partial charge in [0.25, 0.3) is 0 Å². The predicted octanol–water partition coefficient (Wildman–Crippen LogP) is 21.6. The molecule has 0 amide bonds. The van der Waals surface area contributed by atoms with Crippen LogP contribution in [0.1, 0.15) is 107 Å². The van der Waals surface area contributed by atoms with E-state index in [1.54, 1.807) is 0 Å². The van der Waals surface area contributed by atoms with Crippen molar-refractivity contribution in [1.29, 1.82) is 5.41 Å². The van der Waals surface area contributed by atoms with E-state index >= 15 is 0 Å². The Morgan fingerprint density at radius 3 is 0.985 bits per heavy atom. The number of nitrogens with two attached hydrogens (primary N) is 4. The summed E-state index contributed by atoms with van der Waals surface area (Å²) in [6.45, 7) is 30.3. The highest BCUT2D eigenvalue weighted by Gasteiger charge is 2.21. The van der Waals surface area contributed by atoms with Gasteiger partial charge < -0.3 is 47.9 Å². The first-order chi connectivity index (χ1) is 63.4. The highest BCUT2D eigenvalue weighted by Crippen LogP contribution is 2.37. The fourth-order valence-electron chi connectivity index (χ4n) is 16.0. The Morgan fingerprint density at radius 1 is 0.326 bits per heavy atom. The Kier molecular flexibility index (Phi) is 34.0. The van der Waals surface area contributed by atoms with Gasteiger partial charge in [-0.15, -0.1) is 0 Å². The standard InChI is InChI=1S/C30H40N3.C26H33N3.C23H24N2.C21H20N2.C20H18N2/c1-7-31(6)27-18-12-24(13-19-27)30(25-14-20-28(21-15-25)32(8-2)9-3)26-16-22-29(23-17-26)33(10-4)11-5;1-27(2)23-14-8-20(9-15-23)26(21-10-16-24(17-11-21)28(3)4)22-12-18-25(19-13-22)29(5,6)7;1-14-5-6-18(11-15(14)2)23(19-7-9-21(24)16(3)12-19)20-8-10-22(25)17(4)13-20;1-23(2)20-14-10-18(11-15-20)21(16-6-4-3-5-7-16)17-8-12-19(22)13-9-17;1-14-2-4-15(5-3-14)20(16-6-10-18(21)11-7-16)17-8-12-19(22)13-9-17/h12-23H,7-11H2,1-6H3;8-19H,1-7H3;5-13H,1,24-25H2,2-4H3;3-15,22H,1-2H3;2-13H,1,21-22H2/q+1;+2;;;. The third-order valence-corrected chi connectivity index (χ3v) is 24.2. The summed E-state index contributed by atoms with van der Waals surface area (Å²) in [5.74, 6) is 0. The Labute approximate surface area is 786 Å². The first kappa shape index (κ1) is 97.8. The smallest absolute Gasteiger partial charge is 0.199 e. The van der Waals surface area contributed by atoms with E-state index < -0.39 is 0 Å². The lowest BCUT2D eigenvalue weighted by Gasteiger charge is -2.24. The minimum absolute atomic E-state index is 0.532. The fourth-order valence-corrected chi connectivity index (χ4v) is 16.0. The van der Waals surface area contributed by atoms with Crippen molar-refractivity contribution in [3.63, 3.8) is 0 Å². The predicted molar refractivity (Wildman–Crippen MR) is 577 cm³/mol. The fraction of sp³-hybridized carbons (Fsp3) is 0.192. The number of rotatable bonds is 20. The molecule has 0 unspecified atom stereocenters. The zero-order valence-electron chi connectivity index (χ0n) is 80.9. The second kappa shape index (κ2) is 45.9. The van der Waals surface area contributed by atoms with E-state index in [1.807, 2.05) is 131 Å². The number of nitrogen functional groups attached to an aromatic ring is 4. The van der Waals surface area contributed by atoms with Crippen LogP contribution >= 0.6 is 0 Å². The third kappa shape index (κ3) is 25.6. The molecule has 0 radical (unpaired) electrons. The quantitative estimate of drug-likeness (QED) is 0.0288. The molecule has 12 nitrogen and oxygen atoms in total. The minimum atomic E-state index is 0.532. The van der Waals surface area contributed by atoms with Gasteiger partial charge in [-0.2, -0.15) is 0 Å². The van der Waals surface area contributed by atoms with Gasteiger partial charge in [-0.3, -0.25) is 4.48 Å². The van der Waals surface area contributed by atoms with E-state index in [9.17, 15) is 0 Å². The molecule has 9 N–H and O–H groups in total. The van der Waals surface area contributed by atoms with Gasteiger partial charge in [0.1, 0.15) is 33.4 Å². The Morgan fingerprint density at radius 2 is 0.644 bits per heavy atom. The van der Waals surface area contributed by atoms with Gasteiger partial charge in [0.15, 0.2) is 11.4 Å². The number of benzene rings is 12. The molecule has 0 aromatic heterocycles. The van der Waals surface area contributed by atoms with Crippen molar-refractivity contribution in [3.05, 3.63) is 462 Å². The molecule has 15 rings (SSSR count). The van der Waals surface area contributed by atoms with Crippen LogP contribution in [0.5, 0.6) is 0 Å². The van der Waals surface area contributed by atoms with Crippen LogP contribution in [-0.2, 0) is 0 Å². The zero-order chi connectivity index (χ0) is 94.9. The molecule has 0 spiro atoms. The van der Waals surface area contributed by atoms with Crippen LogP contribution < -0.4 is 67.9 Å². The van der Waals surface area contributed by atoms with E-state index in [2.05, 4.69) is 389 Å². The number of quaternary nitrogens is 1. The van der Waals surface area contributed by atoms with Gasteiger partial charge in [-0.1, -0.05) is 183 Å². The molecule has 12 heteroatoms. The lowest BCUT2D eigenvalue weighted by molar-refractivity contribution is -0.491. The van der Waals surface area contributed by atoms with Crippen LogP contribution in [0.25, 0.3) is 41.0 Å². The van der Waals surface area contributed by atoms with Gasteiger partial charge in [-0.25, -0.2) is 9.15 Å². The molecule has 0 atom stereocenters. The SMILES string of the molecule is C=c1ccc(=C(c2ccc(N)c(C)c2)c2ccc(N)c(C)c2)cc1C.C=c1ccc(=C(c2ccc(N)cc2)c2ccc(N)cc2)cc1.CCN(CC)c1ccc(C(=C2C=CC(=[N+](C)CC)C=C2)c2ccc(N(CC)CC)cc2)cc1.CN(C)c1ccc(C(=C2C=CC(=N)C=C2)c2ccccc2)cc1.CN(C)c1ccc(C(=C2C=CC(=[N+](C)C)C=C2)c2ccc([N+](C)(C)C)cc2)cc1. The molecule has 0 aliphatic heterocycles. The third-order valence-electron chi connectivity index (χ3n) is 24.2. The molecule has 0 fully saturated rings. The molecule has 12 aromatic rings. The van der Waals surface area contributed by atoms with Gasteiger partial charge in [0.05, 0.1) is 26.9 Å². The average molecular weight is 1750 g/mol. The van der Waals surface area contributed by atoms with Crippen molar-refractivity contribution < 1.29 is 9.15 Å². The molecule has 672 valence electrons. The number of aryl methyl sites for hydroxylation is 3. The van der Waals surface area contributed by atoms with Crippen LogP contribution in [0.3, 0.4) is 0 Å². The Hall–Kier alpha value is -14.9. The molecule has 0 saturated carbocycles. The van der Waals surface area contributed by atoms with E-state index in [1.165, 1.54) is 117 Å². The summed E-state index contributed by atoms with van der Waals surface area (Å²) in [4.78, 5) is 9.00. The van der Waals surface area contributed by atoms with Gasteiger partial charge in [-0.05, 0) is 351 Å². The maximum atomic E-state index is 7.70. The molecule has 0 bridgehead atoms. The molecule has 132 heavy (non-hydrogen) atoms. The van der Waals surface area contributed by atoms with Crippen molar-refractivity contribution in [2.24, 2.45) is 0 Å². The molecule has 0 saturated heterocycles. The Bertz CT molecular complexity index is 6410. The van der Waals surface area contributed by atoms with E-state index in [-0.39, 0.29) is 0 Å². The molecule has 0 heterocycles. The maximum Gasteiger partial charge on any atom is 0.199 e. The maximum absolute atomic E-state index is 7.70. The van der Waals surface area contributed by atoms with Crippen molar-refractivity contribution in [2.45, 2.75) is 55.4 Å². The summed E-state index contributed by atoms with van der Waals surface area (Å²) < 4.78 is 5.21. The monoisotopic (exact) mass is 1740 g/mol. The second-order valence-corrected chi connectivity index (χ2v) is 34.9. The van der Waals surface area contributed by atoms with Gasteiger partial charge in [0.2, 0.25) is 0 Å². The van der Waals surface area contributed by atoms with Crippen molar-refractivity contribution in [1.82, 2.24) is 4.48 Å². The topological polar surface area (TPSA) is 147 Å². The summed E-state index contributed by atoms with van der Waals surface area (Å²) in [6.07, 6.45) is 25.5. The first-order valence-electron chi connectivity index (χ1n) is 45.7. The highest BCUT2D eigenvalue weighted by atomic mass is 15.3.